The van der Waals surface area contributed by atoms with Crippen molar-refractivity contribution < 1.29 is 14.2 Å². The lowest BCUT2D eigenvalue weighted by Crippen LogP contribution is -2.35. The van der Waals surface area contributed by atoms with Crippen molar-refractivity contribution in [2.75, 3.05) is 72.1 Å². The average molecular weight is 681 g/mol. The molecule has 1 atom stereocenters. The van der Waals surface area contributed by atoms with Crippen molar-refractivity contribution in [1.29, 1.82) is 0 Å². The van der Waals surface area contributed by atoms with Gasteiger partial charge in [-0.3, -0.25) is 0 Å². The maximum absolute atomic E-state index is 11.1. The number of ether oxygens (including phenoxy) is 2. The minimum absolute atomic E-state index is 0.756. The zero-order chi connectivity index (χ0) is 34.6. The van der Waals surface area contributed by atoms with Crippen LogP contribution in [0.2, 0.25) is 0 Å². The summed E-state index contributed by atoms with van der Waals surface area (Å²) in [6.07, 6.45) is 17.1. The average Bonchev–Trinajstić information content (AvgIpc) is 3.16. The predicted octanol–water partition coefficient (Wildman–Crippen LogP) is 7.66. The first-order valence-corrected chi connectivity index (χ1v) is 19.4. The van der Waals surface area contributed by atoms with Crippen LogP contribution in [0.1, 0.15) is 83.1 Å². The van der Waals surface area contributed by atoms with Crippen LogP contribution in [0.25, 0.3) is 11.1 Å². The van der Waals surface area contributed by atoms with Crippen LogP contribution in [0, 0.1) is 23.0 Å². The second kappa shape index (κ2) is 21.6. The summed E-state index contributed by atoms with van der Waals surface area (Å²) in [5.74, 6) is 9.30. The lowest BCUT2D eigenvalue weighted by Gasteiger charge is -2.30. The Balaban J connectivity index is 0.000000195. The van der Waals surface area contributed by atoms with Crippen LogP contribution in [-0.4, -0.2) is 86.8 Å². The third-order valence-corrected chi connectivity index (χ3v) is 10.0. The minimum atomic E-state index is 0.756. The lowest BCUT2D eigenvalue weighted by molar-refractivity contribution is -0.605. The SMILES string of the molecule is C(#Cc1ccc(OCCCN2CCCCC2)cc1)CCN1CCCCC1.C[C@H]1CCCN(CCCOc2ccc(-c3cc[n+]([O-])cc3)cc2)C1. The third kappa shape index (κ3) is 14.0. The Morgan fingerprint density at radius 3 is 1.76 bits per heavy atom. The molecule has 6 rings (SSSR count). The molecule has 50 heavy (non-hydrogen) atoms. The van der Waals surface area contributed by atoms with Crippen LogP contribution < -0.4 is 14.2 Å². The van der Waals surface area contributed by atoms with Crippen molar-refractivity contribution in [3.63, 3.8) is 0 Å². The first-order chi connectivity index (χ1) is 24.6. The summed E-state index contributed by atoms with van der Waals surface area (Å²) in [4.78, 5) is 7.66. The molecule has 0 radical (unpaired) electrons. The summed E-state index contributed by atoms with van der Waals surface area (Å²) in [6, 6.07) is 20.0. The molecule has 0 unspecified atom stereocenters. The molecule has 0 amide bonds. The molecule has 3 aromatic rings. The maximum Gasteiger partial charge on any atom is 0.180 e. The van der Waals surface area contributed by atoms with E-state index in [9.17, 15) is 5.21 Å². The van der Waals surface area contributed by atoms with Gasteiger partial charge in [0.25, 0.3) is 0 Å². The fourth-order valence-corrected chi connectivity index (χ4v) is 7.17. The van der Waals surface area contributed by atoms with Gasteiger partial charge in [-0.25, -0.2) is 0 Å². The van der Waals surface area contributed by atoms with Crippen LogP contribution >= 0.6 is 0 Å². The molecule has 3 fully saturated rings. The van der Waals surface area contributed by atoms with Gasteiger partial charge in [0.1, 0.15) is 11.5 Å². The van der Waals surface area contributed by atoms with Crippen LogP contribution in [0.3, 0.4) is 0 Å². The Kier molecular flexibility index (Phi) is 16.3. The number of hydrogen-bond donors (Lipinski definition) is 0. The van der Waals surface area contributed by atoms with Gasteiger partial charge >= 0.3 is 0 Å². The van der Waals surface area contributed by atoms with E-state index < -0.39 is 0 Å². The van der Waals surface area contributed by atoms with E-state index in [1.54, 1.807) is 0 Å². The molecule has 2 aromatic carbocycles. The second-order valence-corrected chi connectivity index (χ2v) is 14.3. The summed E-state index contributed by atoms with van der Waals surface area (Å²) >= 11 is 0. The molecule has 7 nitrogen and oxygen atoms in total. The third-order valence-electron chi connectivity index (χ3n) is 10.0. The smallest absolute Gasteiger partial charge is 0.180 e. The number of likely N-dealkylation sites (tertiary alicyclic amines) is 3. The molecule has 270 valence electrons. The molecule has 0 saturated carbocycles. The lowest BCUT2D eigenvalue weighted by atomic mass is 10.0. The molecule has 3 aliphatic heterocycles. The van der Waals surface area contributed by atoms with Gasteiger partial charge < -0.3 is 29.4 Å². The van der Waals surface area contributed by atoms with E-state index in [4.69, 9.17) is 9.47 Å². The molecule has 0 bridgehead atoms. The number of pyridine rings is 1. The highest BCUT2D eigenvalue weighted by Crippen LogP contribution is 2.22. The zero-order valence-corrected chi connectivity index (χ0v) is 30.6. The molecule has 7 heteroatoms. The summed E-state index contributed by atoms with van der Waals surface area (Å²) in [6.45, 7) is 14.8. The maximum atomic E-state index is 11.1. The van der Waals surface area contributed by atoms with E-state index in [1.807, 2.05) is 36.4 Å². The van der Waals surface area contributed by atoms with Crippen LogP contribution in [0.5, 0.6) is 11.5 Å². The predicted molar refractivity (Wildman–Crippen MR) is 204 cm³/mol. The number of aromatic nitrogens is 1. The molecule has 0 spiro atoms. The van der Waals surface area contributed by atoms with E-state index >= 15 is 0 Å². The second-order valence-electron chi connectivity index (χ2n) is 14.3. The Morgan fingerprint density at radius 1 is 0.640 bits per heavy atom. The number of benzene rings is 2. The summed E-state index contributed by atoms with van der Waals surface area (Å²) in [5, 5.41) is 11.1. The van der Waals surface area contributed by atoms with Crippen molar-refractivity contribution >= 4 is 0 Å². The highest BCUT2D eigenvalue weighted by atomic mass is 16.5. The molecule has 3 aliphatic rings. The van der Waals surface area contributed by atoms with Gasteiger partial charge in [-0.2, -0.15) is 4.73 Å². The van der Waals surface area contributed by atoms with Crippen molar-refractivity contribution in [3.8, 4) is 34.5 Å². The Labute approximate surface area is 302 Å². The molecule has 0 aliphatic carbocycles. The van der Waals surface area contributed by atoms with Gasteiger partial charge in [-0.15, -0.1) is 0 Å². The largest absolute Gasteiger partial charge is 0.619 e. The standard InChI is InChI=1S/C23H34N2O.C20H26N2O2/c1-4-15-24(16-5-1)19-8-3-10-22-11-13-23(14-12-22)26-21-9-20-25-17-6-2-7-18-25;1-17-4-2-11-21(16-17)12-3-15-24-20-7-5-18(6-8-20)19-9-13-22(23)14-10-19/h11-14H,1-2,4-9,15-21H2;5-10,13-14,17H,2-4,11-12,15-16H2,1H3/t;17-/m.0/s1. The van der Waals surface area contributed by atoms with Gasteiger partial charge in [0, 0.05) is 50.3 Å². The van der Waals surface area contributed by atoms with Crippen LogP contribution in [0.4, 0.5) is 0 Å². The van der Waals surface area contributed by atoms with E-state index in [0.29, 0.717) is 0 Å². The highest BCUT2D eigenvalue weighted by Gasteiger charge is 2.15. The molecule has 1 aromatic heterocycles. The molecule has 3 saturated heterocycles. The topological polar surface area (TPSA) is 55.1 Å². The highest BCUT2D eigenvalue weighted by molar-refractivity contribution is 5.63. The Bertz CT molecular complexity index is 1410. The summed E-state index contributed by atoms with van der Waals surface area (Å²) < 4.78 is 12.5. The van der Waals surface area contributed by atoms with Crippen molar-refractivity contribution in [2.24, 2.45) is 5.92 Å². The van der Waals surface area contributed by atoms with Crippen LogP contribution in [-0.2, 0) is 0 Å². The van der Waals surface area contributed by atoms with Crippen LogP contribution in [0.15, 0.2) is 73.1 Å². The minimum Gasteiger partial charge on any atom is -0.619 e. The monoisotopic (exact) mass is 680 g/mol. The Morgan fingerprint density at radius 2 is 1.16 bits per heavy atom. The van der Waals surface area contributed by atoms with Gasteiger partial charge in [0.2, 0.25) is 0 Å². The van der Waals surface area contributed by atoms with E-state index in [-0.39, 0.29) is 0 Å². The van der Waals surface area contributed by atoms with Gasteiger partial charge in [-0.05, 0) is 138 Å². The normalized spacial score (nSPS) is 18.7. The molecule has 4 heterocycles. The van der Waals surface area contributed by atoms with Crippen molar-refractivity contribution in [3.05, 3.63) is 83.8 Å². The first-order valence-electron chi connectivity index (χ1n) is 19.4. The van der Waals surface area contributed by atoms with Gasteiger partial charge in [0.15, 0.2) is 12.4 Å². The number of rotatable bonds is 13. The molecular formula is C43H60N4O3. The van der Waals surface area contributed by atoms with Gasteiger partial charge in [0.05, 0.1) is 13.2 Å². The quantitative estimate of drug-likeness (QED) is 0.0800. The van der Waals surface area contributed by atoms with Gasteiger partial charge in [-0.1, -0.05) is 43.7 Å². The first kappa shape index (κ1) is 37.7. The number of piperidine rings is 3. The molecule has 0 N–H and O–H groups in total. The van der Waals surface area contributed by atoms with E-state index in [0.717, 1.165) is 84.4 Å². The van der Waals surface area contributed by atoms with Crippen molar-refractivity contribution in [1.82, 2.24) is 14.7 Å². The summed E-state index contributed by atoms with van der Waals surface area (Å²) in [7, 11) is 0. The Hall–Kier alpha value is -3.57. The zero-order valence-electron chi connectivity index (χ0n) is 30.6. The summed E-state index contributed by atoms with van der Waals surface area (Å²) in [5.41, 5.74) is 3.21. The molecular weight excluding hydrogens is 620 g/mol. The fourth-order valence-electron chi connectivity index (χ4n) is 7.17. The van der Waals surface area contributed by atoms with E-state index in [2.05, 4.69) is 57.7 Å². The fraction of sp³-hybridized carbons (Fsp3) is 0.558. The number of hydrogen-bond acceptors (Lipinski definition) is 6. The van der Waals surface area contributed by atoms with Crippen molar-refractivity contribution in [2.45, 2.75) is 77.6 Å². The number of nitrogens with zero attached hydrogens (tertiary/aromatic N) is 4. The van der Waals surface area contributed by atoms with E-state index in [1.165, 1.54) is 110 Å².